The maximum atomic E-state index is 13.3. The molecule has 118 valence electrons. The summed E-state index contributed by atoms with van der Waals surface area (Å²) in [6, 6.07) is 2.88. The molecule has 1 heterocycles. The molecule has 2 unspecified atom stereocenters. The Hall–Kier alpha value is -1.14. The van der Waals surface area contributed by atoms with Gasteiger partial charge in [-0.05, 0) is 50.4 Å². The molecule has 2 nitrogen and oxygen atoms in total. The molecule has 1 aliphatic rings. The predicted octanol–water partition coefficient (Wildman–Crippen LogP) is 4.06. The van der Waals surface area contributed by atoms with Gasteiger partial charge in [-0.15, -0.1) is 0 Å². The van der Waals surface area contributed by atoms with Crippen LogP contribution in [0.5, 0.6) is 0 Å². The first-order chi connectivity index (χ1) is 9.91. The van der Waals surface area contributed by atoms with Gasteiger partial charge in [0, 0.05) is 12.6 Å². The Morgan fingerprint density at radius 2 is 2.10 bits per heavy atom. The molecule has 1 saturated heterocycles. The fraction of sp³-hybridized carbons (Fsp3) is 0.600. The Morgan fingerprint density at radius 3 is 2.67 bits per heavy atom. The van der Waals surface area contributed by atoms with Crippen LogP contribution in [0.25, 0.3) is 0 Å². The van der Waals surface area contributed by atoms with Crippen LogP contribution in [0.15, 0.2) is 18.2 Å². The highest BCUT2D eigenvalue weighted by molar-refractivity contribution is 5.29. The van der Waals surface area contributed by atoms with Crippen LogP contribution in [0.4, 0.5) is 17.6 Å². The maximum absolute atomic E-state index is 13.3. The van der Waals surface area contributed by atoms with Crippen molar-refractivity contribution in [3.63, 3.8) is 0 Å². The van der Waals surface area contributed by atoms with Crippen molar-refractivity contribution in [1.29, 1.82) is 0 Å². The van der Waals surface area contributed by atoms with E-state index in [-0.39, 0.29) is 12.1 Å². The van der Waals surface area contributed by atoms with Crippen LogP contribution in [0.3, 0.4) is 0 Å². The lowest BCUT2D eigenvalue weighted by atomic mass is 9.95. The highest BCUT2D eigenvalue weighted by atomic mass is 19.4. The summed E-state index contributed by atoms with van der Waals surface area (Å²) in [4.78, 5) is 0. The second-order valence-electron chi connectivity index (χ2n) is 5.30. The topological polar surface area (TPSA) is 21.3 Å². The molecule has 21 heavy (non-hydrogen) atoms. The summed E-state index contributed by atoms with van der Waals surface area (Å²) in [5.74, 6) is -1.24. The number of halogens is 4. The maximum Gasteiger partial charge on any atom is 0.419 e. The Balaban J connectivity index is 2.17. The third kappa shape index (κ3) is 4.17. The molecule has 1 fully saturated rings. The van der Waals surface area contributed by atoms with Gasteiger partial charge in [-0.1, -0.05) is 6.07 Å². The molecule has 1 aromatic rings. The summed E-state index contributed by atoms with van der Waals surface area (Å²) >= 11 is 0. The van der Waals surface area contributed by atoms with Gasteiger partial charge < -0.3 is 10.1 Å². The molecule has 0 saturated carbocycles. The fourth-order valence-corrected chi connectivity index (χ4v) is 2.65. The van der Waals surface area contributed by atoms with E-state index < -0.39 is 17.6 Å². The lowest BCUT2D eigenvalue weighted by Crippen LogP contribution is -2.27. The van der Waals surface area contributed by atoms with Crippen LogP contribution in [0.2, 0.25) is 0 Å². The van der Waals surface area contributed by atoms with Gasteiger partial charge in [0.25, 0.3) is 0 Å². The van der Waals surface area contributed by atoms with Crippen LogP contribution in [0.1, 0.15) is 42.9 Å². The second kappa shape index (κ2) is 6.75. The van der Waals surface area contributed by atoms with Crippen molar-refractivity contribution in [2.75, 3.05) is 13.7 Å². The average molecular weight is 305 g/mol. The van der Waals surface area contributed by atoms with Crippen LogP contribution in [0, 0.1) is 5.82 Å². The van der Waals surface area contributed by atoms with E-state index in [2.05, 4.69) is 5.32 Å². The van der Waals surface area contributed by atoms with E-state index in [1.54, 1.807) is 7.05 Å². The molecular formula is C15H19F4NO. The predicted molar refractivity (Wildman–Crippen MR) is 71.4 cm³/mol. The standard InChI is InChI=1S/C15H19F4NO/c1-20-14(9-11-4-2-3-7-21-11)10-5-6-13(16)12(8-10)15(17,18)19/h5-6,8,11,14,20H,2-4,7,9H2,1H3. The van der Waals surface area contributed by atoms with Crippen molar-refractivity contribution in [2.24, 2.45) is 0 Å². The molecule has 1 N–H and O–H groups in total. The Morgan fingerprint density at radius 1 is 1.33 bits per heavy atom. The summed E-state index contributed by atoms with van der Waals surface area (Å²) in [6.07, 6.45) is -1.06. The van der Waals surface area contributed by atoms with Crippen molar-refractivity contribution >= 4 is 0 Å². The third-order valence-electron chi connectivity index (χ3n) is 3.82. The third-order valence-corrected chi connectivity index (χ3v) is 3.82. The van der Waals surface area contributed by atoms with Gasteiger partial charge in [-0.2, -0.15) is 13.2 Å². The van der Waals surface area contributed by atoms with E-state index in [0.717, 1.165) is 31.4 Å². The van der Waals surface area contributed by atoms with Gasteiger partial charge >= 0.3 is 6.18 Å². The summed E-state index contributed by atoms with van der Waals surface area (Å²) in [5, 5.41) is 2.99. The molecular weight excluding hydrogens is 286 g/mol. The highest BCUT2D eigenvalue weighted by Crippen LogP contribution is 2.34. The minimum atomic E-state index is -4.68. The van der Waals surface area contributed by atoms with Crippen LogP contribution < -0.4 is 5.32 Å². The van der Waals surface area contributed by atoms with Gasteiger partial charge in [0.2, 0.25) is 0 Å². The molecule has 1 aliphatic heterocycles. The number of hydrogen-bond donors (Lipinski definition) is 1. The fourth-order valence-electron chi connectivity index (χ4n) is 2.65. The Bertz CT molecular complexity index is 469. The van der Waals surface area contributed by atoms with Gasteiger partial charge in [-0.25, -0.2) is 4.39 Å². The number of rotatable bonds is 4. The van der Waals surface area contributed by atoms with Gasteiger partial charge in [0.05, 0.1) is 11.7 Å². The van der Waals surface area contributed by atoms with Crippen molar-refractivity contribution in [2.45, 2.75) is 44.0 Å². The van der Waals surface area contributed by atoms with E-state index in [0.29, 0.717) is 18.6 Å². The van der Waals surface area contributed by atoms with Crippen LogP contribution in [-0.2, 0) is 10.9 Å². The van der Waals surface area contributed by atoms with Crippen LogP contribution in [-0.4, -0.2) is 19.8 Å². The molecule has 0 amide bonds. The number of nitrogens with one attached hydrogen (secondary N) is 1. The molecule has 2 atom stereocenters. The van der Waals surface area contributed by atoms with Crippen molar-refractivity contribution in [1.82, 2.24) is 5.32 Å². The summed E-state index contributed by atoms with van der Waals surface area (Å²) in [5.41, 5.74) is -0.787. The molecule has 1 aromatic carbocycles. The Labute approximate surface area is 121 Å². The summed E-state index contributed by atoms with van der Waals surface area (Å²) in [6.45, 7) is 0.693. The molecule has 0 radical (unpaired) electrons. The van der Waals surface area contributed by atoms with E-state index in [4.69, 9.17) is 4.74 Å². The van der Waals surface area contributed by atoms with E-state index >= 15 is 0 Å². The SMILES string of the molecule is CNC(CC1CCCCO1)c1ccc(F)c(C(F)(F)F)c1. The van der Waals surface area contributed by atoms with Crippen molar-refractivity contribution in [3.8, 4) is 0 Å². The van der Waals surface area contributed by atoms with E-state index in [1.165, 1.54) is 6.07 Å². The lowest BCUT2D eigenvalue weighted by molar-refractivity contribution is -0.140. The largest absolute Gasteiger partial charge is 0.419 e. The normalized spacial score (nSPS) is 21.3. The molecule has 0 spiro atoms. The zero-order valence-corrected chi connectivity index (χ0v) is 11.8. The van der Waals surface area contributed by atoms with Crippen molar-refractivity contribution in [3.05, 3.63) is 35.1 Å². The number of ether oxygens (including phenoxy) is 1. The molecule has 6 heteroatoms. The van der Waals surface area contributed by atoms with Crippen LogP contribution >= 0.6 is 0 Å². The van der Waals surface area contributed by atoms with Gasteiger partial charge in [0.1, 0.15) is 5.82 Å². The minimum absolute atomic E-state index is 0.0376. The number of benzene rings is 1. The summed E-state index contributed by atoms with van der Waals surface area (Å²) in [7, 11) is 1.68. The minimum Gasteiger partial charge on any atom is -0.378 e. The number of hydrogen-bond acceptors (Lipinski definition) is 2. The first kappa shape index (κ1) is 16.2. The summed E-state index contributed by atoms with van der Waals surface area (Å²) < 4.78 is 57.3. The van der Waals surface area contributed by atoms with E-state index in [1.807, 2.05) is 0 Å². The van der Waals surface area contributed by atoms with Gasteiger partial charge in [0.15, 0.2) is 0 Å². The molecule has 2 rings (SSSR count). The Kier molecular flexibility index (Phi) is 5.22. The first-order valence-electron chi connectivity index (χ1n) is 7.07. The highest BCUT2D eigenvalue weighted by Gasteiger charge is 2.34. The van der Waals surface area contributed by atoms with Gasteiger partial charge in [-0.3, -0.25) is 0 Å². The zero-order chi connectivity index (χ0) is 15.5. The average Bonchev–Trinajstić information content (AvgIpc) is 2.45. The molecule has 0 aromatic heterocycles. The quantitative estimate of drug-likeness (QED) is 0.847. The lowest BCUT2D eigenvalue weighted by Gasteiger charge is -2.27. The monoisotopic (exact) mass is 305 g/mol. The van der Waals surface area contributed by atoms with E-state index in [9.17, 15) is 17.6 Å². The number of alkyl halides is 3. The smallest absolute Gasteiger partial charge is 0.378 e. The molecule has 0 bridgehead atoms. The molecule has 0 aliphatic carbocycles. The second-order valence-corrected chi connectivity index (χ2v) is 5.30. The first-order valence-corrected chi connectivity index (χ1v) is 7.07. The van der Waals surface area contributed by atoms with Crippen molar-refractivity contribution < 1.29 is 22.3 Å². The zero-order valence-electron chi connectivity index (χ0n) is 11.8.